The van der Waals surface area contributed by atoms with Gasteiger partial charge < -0.3 is 4.74 Å². The van der Waals surface area contributed by atoms with Crippen molar-refractivity contribution < 1.29 is 9.53 Å². The monoisotopic (exact) mass is 458 g/mol. The third kappa shape index (κ3) is 3.73. The molecule has 4 aliphatic rings. The van der Waals surface area contributed by atoms with Crippen LogP contribution in [0.2, 0.25) is 0 Å². The Labute approximate surface area is 201 Å². The van der Waals surface area contributed by atoms with Crippen LogP contribution in [0.3, 0.4) is 0 Å². The summed E-state index contributed by atoms with van der Waals surface area (Å²) in [5.41, 5.74) is 3.37. The van der Waals surface area contributed by atoms with Crippen LogP contribution in [0, 0.1) is 0 Å². The van der Waals surface area contributed by atoms with Crippen molar-refractivity contribution in [2.75, 3.05) is 33.3 Å². The fourth-order valence-corrected chi connectivity index (χ4v) is 6.69. The van der Waals surface area contributed by atoms with Crippen LogP contribution < -0.4 is 0 Å². The molecule has 2 bridgehead atoms. The summed E-state index contributed by atoms with van der Waals surface area (Å²) in [6.45, 7) is 5.75. The molecule has 0 spiro atoms. The number of aromatic nitrogens is 2. The number of carbonyl (C=O) groups excluding carboxylic acids is 1. The van der Waals surface area contributed by atoms with E-state index in [1.165, 1.54) is 64.3 Å². The zero-order valence-corrected chi connectivity index (χ0v) is 20.1. The normalized spacial score (nSPS) is 27.8. The Morgan fingerprint density at radius 3 is 2.26 bits per heavy atom. The SMILES string of the molecule is COC(=O)c1ccc2cn(C34CCC(N5CCN(Cc6ccccc6)CC5)(CC3)CC4)nc2c1. The van der Waals surface area contributed by atoms with Crippen LogP contribution in [0.5, 0.6) is 0 Å². The number of esters is 1. The van der Waals surface area contributed by atoms with Gasteiger partial charge in [-0.25, -0.2) is 4.79 Å². The number of carbonyl (C=O) groups is 1. The summed E-state index contributed by atoms with van der Waals surface area (Å²) < 4.78 is 7.12. The molecule has 2 heterocycles. The number of methoxy groups -OCH3 is 1. The van der Waals surface area contributed by atoms with E-state index in [0.29, 0.717) is 11.1 Å². The summed E-state index contributed by atoms with van der Waals surface area (Å²) >= 11 is 0. The van der Waals surface area contributed by atoms with E-state index in [-0.39, 0.29) is 11.5 Å². The van der Waals surface area contributed by atoms with Crippen molar-refractivity contribution in [3.63, 3.8) is 0 Å². The Morgan fingerprint density at radius 1 is 0.912 bits per heavy atom. The summed E-state index contributed by atoms with van der Waals surface area (Å²) in [6, 6.07) is 16.5. The van der Waals surface area contributed by atoms with Gasteiger partial charge in [0.15, 0.2) is 0 Å². The van der Waals surface area contributed by atoms with E-state index in [4.69, 9.17) is 9.84 Å². The minimum absolute atomic E-state index is 0.126. The highest BCUT2D eigenvalue weighted by molar-refractivity contribution is 5.94. The fourth-order valence-electron chi connectivity index (χ4n) is 6.69. The van der Waals surface area contributed by atoms with Gasteiger partial charge in [-0.3, -0.25) is 14.5 Å². The van der Waals surface area contributed by atoms with Gasteiger partial charge in [0.05, 0.1) is 23.7 Å². The maximum Gasteiger partial charge on any atom is 0.337 e. The Balaban J connectivity index is 1.12. The second-order valence-electron chi connectivity index (χ2n) is 10.5. The maximum absolute atomic E-state index is 11.9. The molecule has 178 valence electrons. The molecule has 0 radical (unpaired) electrons. The first-order chi connectivity index (χ1) is 16.6. The standard InChI is InChI=1S/C28H34N4O2/c1-34-26(33)23-7-8-24-21-32(29-25(24)19-23)28-12-9-27(10-13-28,11-14-28)31-17-15-30(16-18-31)20-22-5-3-2-4-6-22/h2-8,19,21H,9-18,20H2,1H3. The van der Waals surface area contributed by atoms with E-state index in [9.17, 15) is 4.79 Å². The average molecular weight is 459 g/mol. The molecule has 4 fully saturated rings. The smallest absolute Gasteiger partial charge is 0.337 e. The van der Waals surface area contributed by atoms with Gasteiger partial charge in [0, 0.05) is 49.8 Å². The molecule has 6 nitrogen and oxygen atoms in total. The molecule has 6 heteroatoms. The second kappa shape index (κ2) is 8.51. The lowest BCUT2D eigenvalue weighted by Gasteiger charge is -2.58. The second-order valence-corrected chi connectivity index (χ2v) is 10.5. The molecule has 0 N–H and O–H groups in total. The Bertz CT molecular complexity index is 1160. The van der Waals surface area contributed by atoms with Crippen LogP contribution in [-0.2, 0) is 16.8 Å². The van der Waals surface area contributed by atoms with Crippen LogP contribution in [0.25, 0.3) is 10.9 Å². The lowest BCUT2D eigenvalue weighted by Crippen LogP contribution is -2.63. The maximum atomic E-state index is 11.9. The van der Waals surface area contributed by atoms with Crippen molar-refractivity contribution in [3.8, 4) is 0 Å². The Kier molecular flexibility index (Phi) is 5.46. The van der Waals surface area contributed by atoms with Crippen molar-refractivity contribution in [3.05, 3.63) is 65.9 Å². The highest BCUT2D eigenvalue weighted by atomic mass is 16.5. The number of benzene rings is 2. The third-order valence-corrected chi connectivity index (χ3v) is 8.87. The van der Waals surface area contributed by atoms with Crippen LogP contribution in [0.15, 0.2) is 54.7 Å². The lowest BCUT2D eigenvalue weighted by molar-refractivity contribution is -0.0695. The minimum atomic E-state index is -0.307. The Morgan fingerprint density at radius 2 is 1.59 bits per heavy atom. The molecule has 34 heavy (non-hydrogen) atoms. The van der Waals surface area contributed by atoms with Gasteiger partial charge in [0.2, 0.25) is 0 Å². The summed E-state index contributed by atoms with van der Waals surface area (Å²) in [5.74, 6) is -0.307. The number of hydrogen-bond acceptors (Lipinski definition) is 5. The Hall–Kier alpha value is -2.70. The molecule has 3 aliphatic carbocycles. The van der Waals surface area contributed by atoms with E-state index in [1.807, 2.05) is 18.2 Å². The average Bonchev–Trinajstić information content (AvgIpc) is 3.35. The van der Waals surface area contributed by atoms with Crippen molar-refractivity contribution in [2.45, 2.75) is 56.1 Å². The third-order valence-electron chi connectivity index (χ3n) is 8.87. The van der Waals surface area contributed by atoms with E-state index in [1.54, 1.807) is 0 Å². The molecule has 3 saturated carbocycles. The molecular weight excluding hydrogens is 424 g/mol. The summed E-state index contributed by atoms with van der Waals surface area (Å²) in [6.07, 6.45) is 9.54. The number of ether oxygens (including phenoxy) is 1. The zero-order valence-electron chi connectivity index (χ0n) is 20.1. The van der Waals surface area contributed by atoms with Crippen molar-refractivity contribution in [2.24, 2.45) is 0 Å². The first kappa shape index (κ1) is 21.8. The van der Waals surface area contributed by atoms with Gasteiger partial charge in [0.1, 0.15) is 0 Å². The van der Waals surface area contributed by atoms with Crippen molar-refractivity contribution in [1.82, 2.24) is 19.6 Å². The topological polar surface area (TPSA) is 50.6 Å². The van der Waals surface area contributed by atoms with E-state index in [2.05, 4.69) is 51.0 Å². The van der Waals surface area contributed by atoms with Gasteiger partial charge in [-0.2, -0.15) is 5.10 Å². The van der Waals surface area contributed by atoms with Gasteiger partial charge >= 0.3 is 5.97 Å². The number of piperazine rings is 1. The zero-order chi connectivity index (χ0) is 23.2. The molecule has 7 rings (SSSR count). The quantitative estimate of drug-likeness (QED) is 0.529. The van der Waals surface area contributed by atoms with E-state index >= 15 is 0 Å². The van der Waals surface area contributed by atoms with Gasteiger partial charge in [-0.1, -0.05) is 36.4 Å². The fraction of sp³-hybridized carbons (Fsp3) is 0.500. The van der Waals surface area contributed by atoms with Crippen molar-refractivity contribution in [1.29, 1.82) is 0 Å². The summed E-state index contributed by atoms with van der Waals surface area (Å²) in [7, 11) is 1.42. The lowest BCUT2D eigenvalue weighted by atomic mass is 9.60. The molecule has 0 amide bonds. The van der Waals surface area contributed by atoms with Crippen LogP contribution in [0.1, 0.15) is 54.4 Å². The number of rotatable bonds is 5. The first-order valence-corrected chi connectivity index (χ1v) is 12.7. The molecule has 1 saturated heterocycles. The summed E-state index contributed by atoms with van der Waals surface area (Å²) in [5, 5.41) is 6.05. The number of fused-ring (bicyclic) bond motifs is 4. The largest absolute Gasteiger partial charge is 0.465 e. The molecule has 1 aliphatic heterocycles. The molecule has 3 aromatic rings. The molecule has 1 aromatic heterocycles. The first-order valence-electron chi connectivity index (χ1n) is 12.7. The highest BCUT2D eigenvalue weighted by Gasteiger charge is 2.52. The van der Waals surface area contributed by atoms with Crippen molar-refractivity contribution >= 4 is 16.9 Å². The molecular formula is C28H34N4O2. The van der Waals surface area contributed by atoms with E-state index < -0.39 is 0 Å². The van der Waals surface area contributed by atoms with Crippen LogP contribution in [0.4, 0.5) is 0 Å². The predicted molar refractivity (Wildman–Crippen MR) is 133 cm³/mol. The number of nitrogens with zero attached hydrogens (tertiary/aromatic N) is 4. The number of hydrogen-bond donors (Lipinski definition) is 0. The van der Waals surface area contributed by atoms with Gasteiger partial charge in [0.25, 0.3) is 0 Å². The highest BCUT2D eigenvalue weighted by Crippen LogP contribution is 2.53. The molecule has 2 aromatic carbocycles. The van der Waals surface area contributed by atoms with Gasteiger partial charge in [-0.05, 0) is 56.2 Å². The van der Waals surface area contributed by atoms with Crippen LogP contribution >= 0.6 is 0 Å². The van der Waals surface area contributed by atoms with Gasteiger partial charge in [-0.15, -0.1) is 0 Å². The molecule has 0 atom stereocenters. The molecule has 0 unspecified atom stereocenters. The van der Waals surface area contributed by atoms with E-state index in [0.717, 1.165) is 30.5 Å². The summed E-state index contributed by atoms with van der Waals surface area (Å²) in [4.78, 5) is 17.4. The minimum Gasteiger partial charge on any atom is -0.465 e. The van der Waals surface area contributed by atoms with Crippen LogP contribution in [-0.4, -0.2) is 64.4 Å². The predicted octanol–water partition coefficient (Wildman–Crippen LogP) is 4.44.